The number of nitrogens with one attached hydrogen (secondary N) is 2. The van der Waals surface area contributed by atoms with Gasteiger partial charge in [0.1, 0.15) is 12.4 Å². The fourth-order valence-corrected chi connectivity index (χ4v) is 2.47. The summed E-state index contributed by atoms with van der Waals surface area (Å²) in [4.78, 5) is 15.4. The van der Waals surface area contributed by atoms with Gasteiger partial charge in [-0.3, -0.25) is 9.78 Å². The van der Waals surface area contributed by atoms with Crippen LogP contribution in [0.15, 0.2) is 42.7 Å². The van der Waals surface area contributed by atoms with Crippen LogP contribution in [-0.2, 0) is 4.79 Å². The molecule has 0 radical (unpaired) electrons. The van der Waals surface area contributed by atoms with E-state index in [1.54, 1.807) is 12.4 Å². The zero-order chi connectivity index (χ0) is 16.3. The van der Waals surface area contributed by atoms with Crippen molar-refractivity contribution >= 4 is 11.6 Å². The smallest absolute Gasteiger partial charge is 0.221 e. The Hall–Kier alpha value is -2.40. The molecule has 1 aromatic heterocycles. The van der Waals surface area contributed by atoms with Crippen molar-refractivity contribution in [3.05, 3.63) is 42.7 Å². The SMILES string of the molecule is CNC1(COc2cncc(-c3cccc(NC(C)=O)c3)c2)CC1. The highest BCUT2D eigenvalue weighted by atomic mass is 16.5. The van der Waals surface area contributed by atoms with E-state index in [2.05, 4.69) is 15.6 Å². The van der Waals surface area contributed by atoms with E-state index in [0.717, 1.165) is 35.4 Å². The first-order chi connectivity index (χ1) is 11.1. The second-order valence-corrected chi connectivity index (χ2v) is 5.99. The molecule has 5 nitrogen and oxygen atoms in total. The van der Waals surface area contributed by atoms with Gasteiger partial charge in [0.2, 0.25) is 5.91 Å². The summed E-state index contributed by atoms with van der Waals surface area (Å²) < 4.78 is 5.89. The minimum atomic E-state index is -0.0841. The Kier molecular flexibility index (Phi) is 4.30. The zero-order valence-corrected chi connectivity index (χ0v) is 13.4. The van der Waals surface area contributed by atoms with Gasteiger partial charge >= 0.3 is 0 Å². The van der Waals surface area contributed by atoms with E-state index in [1.807, 2.05) is 37.4 Å². The molecular weight excluding hydrogens is 290 g/mol. The summed E-state index contributed by atoms with van der Waals surface area (Å²) in [5.41, 5.74) is 2.86. The van der Waals surface area contributed by atoms with E-state index in [4.69, 9.17) is 4.74 Å². The maximum atomic E-state index is 11.2. The van der Waals surface area contributed by atoms with Crippen LogP contribution in [0.5, 0.6) is 5.75 Å². The topological polar surface area (TPSA) is 63.2 Å². The number of aromatic nitrogens is 1. The molecule has 1 heterocycles. The highest BCUT2D eigenvalue weighted by molar-refractivity contribution is 5.89. The Labute approximate surface area is 136 Å². The fourth-order valence-electron chi connectivity index (χ4n) is 2.47. The first kappa shape index (κ1) is 15.5. The Morgan fingerprint density at radius 1 is 1.26 bits per heavy atom. The first-order valence-electron chi connectivity index (χ1n) is 7.75. The maximum absolute atomic E-state index is 11.2. The molecule has 23 heavy (non-hydrogen) atoms. The number of carbonyl (C=O) groups is 1. The molecular formula is C18H21N3O2. The van der Waals surface area contributed by atoms with Gasteiger partial charge in [0.25, 0.3) is 0 Å². The predicted molar refractivity (Wildman–Crippen MR) is 90.5 cm³/mol. The Morgan fingerprint density at radius 3 is 2.78 bits per heavy atom. The minimum absolute atomic E-state index is 0.0841. The van der Waals surface area contributed by atoms with Crippen molar-refractivity contribution < 1.29 is 9.53 Å². The third-order valence-electron chi connectivity index (χ3n) is 4.13. The number of hydrogen-bond acceptors (Lipinski definition) is 4. The molecule has 0 aliphatic heterocycles. The van der Waals surface area contributed by atoms with Gasteiger partial charge in [-0.25, -0.2) is 0 Å². The van der Waals surface area contributed by atoms with Crippen LogP contribution in [0.25, 0.3) is 11.1 Å². The Morgan fingerprint density at radius 2 is 2.09 bits per heavy atom. The number of hydrogen-bond donors (Lipinski definition) is 2. The molecule has 0 saturated heterocycles. The summed E-state index contributed by atoms with van der Waals surface area (Å²) in [6, 6.07) is 9.67. The van der Waals surface area contributed by atoms with Crippen LogP contribution in [0, 0.1) is 0 Å². The maximum Gasteiger partial charge on any atom is 0.221 e. The molecule has 1 fully saturated rings. The average Bonchev–Trinajstić information content (AvgIpc) is 3.34. The molecule has 0 bridgehead atoms. The summed E-state index contributed by atoms with van der Waals surface area (Å²) >= 11 is 0. The van der Waals surface area contributed by atoms with Crippen molar-refractivity contribution in [2.75, 3.05) is 19.0 Å². The van der Waals surface area contributed by atoms with Crippen LogP contribution < -0.4 is 15.4 Å². The largest absolute Gasteiger partial charge is 0.490 e. The highest BCUT2D eigenvalue weighted by Gasteiger charge is 2.41. The molecule has 1 amide bonds. The highest BCUT2D eigenvalue weighted by Crippen LogP contribution is 2.35. The number of ether oxygens (including phenoxy) is 1. The molecule has 2 N–H and O–H groups in total. The van der Waals surface area contributed by atoms with Crippen molar-refractivity contribution in [2.24, 2.45) is 0 Å². The van der Waals surface area contributed by atoms with Crippen LogP contribution >= 0.6 is 0 Å². The molecule has 5 heteroatoms. The number of amides is 1. The van der Waals surface area contributed by atoms with E-state index >= 15 is 0 Å². The van der Waals surface area contributed by atoms with Crippen molar-refractivity contribution in [1.29, 1.82) is 0 Å². The molecule has 0 unspecified atom stereocenters. The number of rotatable bonds is 6. The van der Waals surface area contributed by atoms with Crippen LogP contribution in [0.1, 0.15) is 19.8 Å². The van der Waals surface area contributed by atoms with Crippen LogP contribution in [0.4, 0.5) is 5.69 Å². The molecule has 1 aromatic carbocycles. The monoisotopic (exact) mass is 311 g/mol. The minimum Gasteiger partial charge on any atom is -0.490 e. The molecule has 0 atom stereocenters. The lowest BCUT2D eigenvalue weighted by molar-refractivity contribution is -0.114. The second kappa shape index (κ2) is 6.38. The van der Waals surface area contributed by atoms with Crippen LogP contribution in [0.3, 0.4) is 0 Å². The number of anilines is 1. The van der Waals surface area contributed by atoms with E-state index < -0.39 is 0 Å². The Balaban J connectivity index is 1.75. The molecule has 1 aliphatic rings. The van der Waals surface area contributed by atoms with Crippen LogP contribution in [0.2, 0.25) is 0 Å². The molecule has 3 rings (SSSR count). The fraction of sp³-hybridized carbons (Fsp3) is 0.333. The standard InChI is InChI=1S/C18H21N3O2/c1-13(22)21-16-5-3-4-14(8-16)15-9-17(11-20-10-15)23-12-18(19-2)6-7-18/h3-5,8-11,19H,6-7,12H2,1-2H3,(H,21,22). The van der Waals surface area contributed by atoms with Gasteiger partial charge in [0.15, 0.2) is 0 Å². The lowest BCUT2D eigenvalue weighted by Crippen LogP contribution is -2.33. The summed E-state index contributed by atoms with van der Waals surface area (Å²) in [5, 5.41) is 6.10. The van der Waals surface area contributed by atoms with Gasteiger partial charge in [0, 0.05) is 24.4 Å². The van der Waals surface area contributed by atoms with Crippen molar-refractivity contribution in [3.8, 4) is 16.9 Å². The van der Waals surface area contributed by atoms with Gasteiger partial charge < -0.3 is 15.4 Å². The lowest BCUT2D eigenvalue weighted by Gasteiger charge is -2.15. The van der Waals surface area contributed by atoms with Crippen molar-refractivity contribution in [1.82, 2.24) is 10.3 Å². The molecule has 120 valence electrons. The molecule has 1 saturated carbocycles. The van der Waals surface area contributed by atoms with Gasteiger partial charge in [-0.15, -0.1) is 0 Å². The average molecular weight is 311 g/mol. The number of nitrogens with zero attached hydrogens (tertiary/aromatic N) is 1. The molecule has 0 spiro atoms. The Bertz CT molecular complexity index is 711. The van der Waals surface area contributed by atoms with Crippen LogP contribution in [-0.4, -0.2) is 30.1 Å². The number of likely N-dealkylation sites (N-methyl/N-ethyl adjacent to an activating group) is 1. The third kappa shape index (κ3) is 3.87. The van der Waals surface area contributed by atoms with Gasteiger partial charge in [-0.05, 0) is 43.7 Å². The summed E-state index contributed by atoms with van der Waals surface area (Å²) in [6.07, 6.45) is 5.82. The summed E-state index contributed by atoms with van der Waals surface area (Å²) in [6.45, 7) is 2.15. The molecule has 2 aromatic rings. The number of carbonyl (C=O) groups excluding carboxylic acids is 1. The van der Waals surface area contributed by atoms with Gasteiger partial charge in [-0.1, -0.05) is 12.1 Å². The van der Waals surface area contributed by atoms with Crippen molar-refractivity contribution in [3.63, 3.8) is 0 Å². The van der Waals surface area contributed by atoms with Gasteiger partial charge in [-0.2, -0.15) is 0 Å². The van der Waals surface area contributed by atoms with Crippen molar-refractivity contribution in [2.45, 2.75) is 25.3 Å². The second-order valence-electron chi connectivity index (χ2n) is 5.99. The van der Waals surface area contributed by atoms with E-state index in [9.17, 15) is 4.79 Å². The van der Waals surface area contributed by atoms with E-state index in [0.29, 0.717) is 6.61 Å². The predicted octanol–water partition coefficient (Wildman–Crippen LogP) is 2.84. The van der Waals surface area contributed by atoms with Gasteiger partial charge in [0.05, 0.1) is 11.7 Å². The number of benzene rings is 1. The summed E-state index contributed by atoms with van der Waals surface area (Å²) in [7, 11) is 1.97. The first-order valence-corrected chi connectivity index (χ1v) is 7.75. The summed E-state index contributed by atoms with van der Waals surface area (Å²) in [5.74, 6) is 0.674. The number of pyridine rings is 1. The third-order valence-corrected chi connectivity index (χ3v) is 4.13. The lowest BCUT2D eigenvalue weighted by atomic mass is 10.1. The van der Waals surface area contributed by atoms with E-state index in [-0.39, 0.29) is 11.4 Å². The zero-order valence-electron chi connectivity index (χ0n) is 13.4. The van der Waals surface area contributed by atoms with E-state index in [1.165, 1.54) is 6.92 Å². The normalized spacial score (nSPS) is 15.0. The quantitative estimate of drug-likeness (QED) is 0.861. The molecule has 1 aliphatic carbocycles.